The van der Waals surface area contributed by atoms with E-state index < -0.39 is 34.1 Å². The van der Waals surface area contributed by atoms with Gasteiger partial charge in [-0.15, -0.1) is 0 Å². The molecule has 2 fully saturated rings. The predicted octanol–water partition coefficient (Wildman–Crippen LogP) is 2.33. The van der Waals surface area contributed by atoms with Gasteiger partial charge in [0, 0.05) is 12.1 Å². The molecule has 3 rings (SSSR count). The summed E-state index contributed by atoms with van der Waals surface area (Å²) in [6.07, 6.45) is 5.13. The molecule has 1 aromatic carbocycles. The van der Waals surface area contributed by atoms with Crippen molar-refractivity contribution in [2.75, 3.05) is 18.1 Å². The van der Waals surface area contributed by atoms with E-state index in [1.165, 1.54) is 18.2 Å². The lowest BCUT2D eigenvalue weighted by molar-refractivity contribution is -0.140. The Bertz CT molecular complexity index is 804. The fourth-order valence-corrected chi connectivity index (χ4v) is 5.68. The van der Waals surface area contributed by atoms with Crippen molar-refractivity contribution in [1.82, 2.24) is 4.90 Å². The van der Waals surface area contributed by atoms with Crippen molar-refractivity contribution >= 4 is 21.7 Å². The Hall–Kier alpha value is -1.96. The van der Waals surface area contributed by atoms with E-state index in [-0.39, 0.29) is 29.2 Å². The highest BCUT2D eigenvalue weighted by Crippen LogP contribution is 2.28. The van der Waals surface area contributed by atoms with E-state index in [1.54, 1.807) is 4.90 Å². The van der Waals surface area contributed by atoms with Gasteiger partial charge in [-0.3, -0.25) is 4.79 Å². The van der Waals surface area contributed by atoms with E-state index >= 15 is 0 Å². The van der Waals surface area contributed by atoms with Crippen molar-refractivity contribution in [3.8, 4) is 0 Å². The maximum Gasteiger partial charge on any atom is 0.341 e. The number of benzene rings is 1. The number of rotatable bonds is 5. The fourth-order valence-electron chi connectivity index (χ4n) is 3.97. The van der Waals surface area contributed by atoms with E-state index in [2.05, 4.69) is 0 Å². The standard InChI is InChI=1S/C19H24FNO5S/c20-17-9-5-4-8-16(17)19(23)26-12-18(22)21(14-6-2-1-3-7-14)15-10-11-27(24,25)13-15/h4-5,8-9,14-15H,1-3,6-7,10-13H2/t15-/m1/s1. The largest absolute Gasteiger partial charge is 0.452 e. The Morgan fingerprint density at radius 3 is 2.41 bits per heavy atom. The summed E-state index contributed by atoms with van der Waals surface area (Å²) in [6.45, 7) is -0.514. The van der Waals surface area contributed by atoms with E-state index in [0.29, 0.717) is 6.42 Å². The van der Waals surface area contributed by atoms with Gasteiger partial charge >= 0.3 is 5.97 Å². The van der Waals surface area contributed by atoms with Crippen molar-refractivity contribution in [2.45, 2.75) is 50.6 Å². The predicted molar refractivity (Wildman–Crippen MR) is 97.5 cm³/mol. The molecule has 1 aliphatic carbocycles. The normalized spacial score (nSPS) is 22.3. The number of carbonyl (C=O) groups excluding carboxylic acids is 2. The van der Waals surface area contributed by atoms with Gasteiger partial charge in [-0.2, -0.15) is 0 Å². The van der Waals surface area contributed by atoms with Crippen LogP contribution >= 0.6 is 0 Å². The molecule has 0 N–H and O–H groups in total. The highest BCUT2D eigenvalue weighted by atomic mass is 32.2. The molecule has 1 saturated heterocycles. The number of nitrogens with zero attached hydrogens (tertiary/aromatic N) is 1. The maximum absolute atomic E-state index is 13.7. The van der Waals surface area contributed by atoms with E-state index in [4.69, 9.17) is 4.74 Å². The number of sulfone groups is 1. The van der Waals surface area contributed by atoms with Gasteiger partial charge in [0.05, 0.1) is 17.1 Å². The Morgan fingerprint density at radius 1 is 1.07 bits per heavy atom. The quantitative estimate of drug-likeness (QED) is 0.713. The van der Waals surface area contributed by atoms with Gasteiger partial charge in [0.2, 0.25) is 0 Å². The minimum Gasteiger partial charge on any atom is -0.452 e. The Balaban J connectivity index is 1.69. The van der Waals surface area contributed by atoms with Crippen LogP contribution in [-0.4, -0.2) is 55.4 Å². The summed E-state index contributed by atoms with van der Waals surface area (Å²) in [5.41, 5.74) is -0.224. The van der Waals surface area contributed by atoms with Crippen LogP contribution in [0.25, 0.3) is 0 Å². The van der Waals surface area contributed by atoms with Gasteiger partial charge in [-0.1, -0.05) is 31.4 Å². The van der Waals surface area contributed by atoms with Gasteiger partial charge in [0.25, 0.3) is 5.91 Å². The zero-order valence-corrected chi connectivity index (χ0v) is 15.9. The molecule has 6 nitrogen and oxygen atoms in total. The number of halogens is 1. The van der Waals surface area contributed by atoms with Crippen molar-refractivity contribution in [3.63, 3.8) is 0 Å². The summed E-state index contributed by atoms with van der Waals surface area (Å²) in [5.74, 6) is -1.99. The highest BCUT2D eigenvalue weighted by Gasteiger charge is 2.38. The molecule has 1 aliphatic heterocycles. The third kappa shape index (κ3) is 4.86. The number of amides is 1. The first-order valence-corrected chi connectivity index (χ1v) is 11.1. The minimum absolute atomic E-state index is 0.0308. The molecule has 0 aromatic heterocycles. The SMILES string of the molecule is O=C(OCC(=O)N(C1CCCCC1)[C@@H]1CCS(=O)(=O)C1)c1ccccc1F. The van der Waals surface area contributed by atoms with Crippen molar-refractivity contribution in [2.24, 2.45) is 0 Å². The molecule has 148 valence electrons. The second-order valence-corrected chi connectivity index (χ2v) is 9.43. The Labute approximate surface area is 158 Å². The molecule has 1 heterocycles. The zero-order valence-electron chi connectivity index (χ0n) is 15.1. The molecule has 0 bridgehead atoms. The van der Waals surface area contributed by atoms with Crippen LogP contribution in [0.4, 0.5) is 4.39 Å². The summed E-state index contributed by atoms with van der Waals surface area (Å²) in [5, 5.41) is 0. The second kappa shape index (κ2) is 8.37. The van der Waals surface area contributed by atoms with Crippen molar-refractivity contribution < 1.29 is 27.1 Å². The lowest BCUT2D eigenvalue weighted by atomic mass is 9.93. The van der Waals surface area contributed by atoms with Crippen LogP contribution in [-0.2, 0) is 19.4 Å². The lowest BCUT2D eigenvalue weighted by Gasteiger charge is -2.38. The van der Waals surface area contributed by atoms with E-state index in [0.717, 1.165) is 38.2 Å². The molecular formula is C19H24FNO5S. The number of hydrogen-bond donors (Lipinski definition) is 0. The van der Waals surface area contributed by atoms with Crippen LogP contribution < -0.4 is 0 Å². The van der Waals surface area contributed by atoms with Crippen LogP contribution in [0.15, 0.2) is 24.3 Å². The Morgan fingerprint density at radius 2 is 1.78 bits per heavy atom. The van der Waals surface area contributed by atoms with Crippen molar-refractivity contribution in [1.29, 1.82) is 0 Å². The molecule has 1 saturated carbocycles. The summed E-state index contributed by atoms with van der Waals surface area (Å²) < 4.78 is 42.5. The molecule has 1 atom stereocenters. The van der Waals surface area contributed by atoms with E-state index in [1.807, 2.05) is 0 Å². The average Bonchev–Trinajstić information content (AvgIpc) is 3.00. The molecular weight excluding hydrogens is 373 g/mol. The third-order valence-corrected chi connectivity index (χ3v) is 7.03. The third-order valence-electron chi connectivity index (χ3n) is 5.28. The summed E-state index contributed by atoms with van der Waals surface area (Å²) >= 11 is 0. The van der Waals surface area contributed by atoms with Crippen LogP contribution in [0.5, 0.6) is 0 Å². The molecule has 27 heavy (non-hydrogen) atoms. The van der Waals surface area contributed by atoms with Gasteiger partial charge in [0.15, 0.2) is 16.4 Å². The number of carbonyl (C=O) groups is 2. The van der Waals surface area contributed by atoms with Gasteiger partial charge < -0.3 is 9.64 Å². The first kappa shape index (κ1) is 19.8. The van der Waals surface area contributed by atoms with Crippen LogP contribution in [0, 0.1) is 5.82 Å². The zero-order chi connectivity index (χ0) is 19.4. The van der Waals surface area contributed by atoms with E-state index in [9.17, 15) is 22.4 Å². The first-order valence-electron chi connectivity index (χ1n) is 9.30. The maximum atomic E-state index is 13.7. The summed E-state index contributed by atoms with van der Waals surface area (Å²) in [7, 11) is -3.14. The van der Waals surface area contributed by atoms with Crippen LogP contribution in [0.1, 0.15) is 48.9 Å². The number of hydrogen-bond acceptors (Lipinski definition) is 5. The van der Waals surface area contributed by atoms with Crippen molar-refractivity contribution in [3.05, 3.63) is 35.6 Å². The van der Waals surface area contributed by atoms with Gasteiger partial charge in [0.1, 0.15) is 5.82 Å². The van der Waals surface area contributed by atoms with Gasteiger partial charge in [-0.05, 0) is 31.4 Å². The smallest absolute Gasteiger partial charge is 0.341 e. The first-order chi connectivity index (χ1) is 12.9. The second-order valence-electron chi connectivity index (χ2n) is 7.21. The summed E-state index contributed by atoms with van der Waals surface area (Å²) in [6, 6.07) is 5.01. The van der Waals surface area contributed by atoms with Gasteiger partial charge in [-0.25, -0.2) is 17.6 Å². The summed E-state index contributed by atoms with van der Waals surface area (Å²) in [4.78, 5) is 26.5. The molecule has 0 unspecified atom stereocenters. The molecule has 1 amide bonds. The molecule has 2 aliphatic rings. The lowest BCUT2D eigenvalue weighted by Crippen LogP contribution is -2.50. The topological polar surface area (TPSA) is 80.8 Å². The monoisotopic (exact) mass is 397 g/mol. The average molecular weight is 397 g/mol. The number of ether oxygens (including phenoxy) is 1. The Kier molecular flexibility index (Phi) is 6.14. The molecule has 0 spiro atoms. The molecule has 8 heteroatoms. The number of esters is 1. The van der Waals surface area contributed by atoms with Crippen LogP contribution in [0.3, 0.4) is 0 Å². The highest BCUT2D eigenvalue weighted by molar-refractivity contribution is 7.91. The minimum atomic E-state index is -3.14. The van der Waals surface area contributed by atoms with Crippen LogP contribution in [0.2, 0.25) is 0 Å². The molecule has 0 radical (unpaired) electrons. The molecule has 1 aromatic rings. The fraction of sp³-hybridized carbons (Fsp3) is 0.579.